The zero-order valence-electron chi connectivity index (χ0n) is 15.7. The first-order valence-corrected chi connectivity index (χ1v) is 9.12. The minimum absolute atomic E-state index is 0.0651. The van der Waals surface area contributed by atoms with Gasteiger partial charge >= 0.3 is 0 Å². The predicted molar refractivity (Wildman–Crippen MR) is 99.0 cm³/mol. The highest BCUT2D eigenvalue weighted by Crippen LogP contribution is 2.22. The van der Waals surface area contributed by atoms with Crippen LogP contribution in [0.25, 0.3) is 0 Å². The van der Waals surface area contributed by atoms with Gasteiger partial charge in [0.15, 0.2) is 0 Å². The van der Waals surface area contributed by atoms with Crippen LogP contribution in [0.3, 0.4) is 0 Å². The molecule has 142 valence electrons. The maximum absolute atomic E-state index is 12.6. The van der Waals surface area contributed by atoms with Gasteiger partial charge in [-0.15, -0.1) is 0 Å². The number of rotatable bonds is 4. The van der Waals surface area contributed by atoms with Crippen LogP contribution in [0, 0.1) is 5.92 Å². The fraction of sp³-hybridized carbons (Fsp3) is 0.474. The topological polar surface area (TPSA) is 92.2 Å². The molecule has 0 N–H and O–H groups in total. The summed E-state index contributed by atoms with van der Waals surface area (Å²) in [7, 11) is 3.41. The lowest BCUT2D eigenvalue weighted by Gasteiger charge is -2.20. The highest BCUT2D eigenvalue weighted by Gasteiger charge is 2.23. The van der Waals surface area contributed by atoms with Gasteiger partial charge in [-0.1, -0.05) is 0 Å². The van der Waals surface area contributed by atoms with Crippen LogP contribution in [-0.4, -0.2) is 68.7 Å². The van der Waals surface area contributed by atoms with Crippen molar-refractivity contribution in [3.05, 3.63) is 48.1 Å². The van der Waals surface area contributed by atoms with Crippen LogP contribution in [0.15, 0.2) is 31.0 Å². The summed E-state index contributed by atoms with van der Waals surface area (Å²) in [6.07, 6.45) is 9.69. The van der Waals surface area contributed by atoms with Crippen LogP contribution in [0.4, 0.5) is 0 Å². The molecule has 0 spiro atoms. The fourth-order valence-electron chi connectivity index (χ4n) is 3.30. The second-order valence-corrected chi connectivity index (χ2v) is 6.98. The Labute approximate surface area is 158 Å². The van der Waals surface area contributed by atoms with Crippen molar-refractivity contribution >= 4 is 11.8 Å². The van der Waals surface area contributed by atoms with Gasteiger partial charge in [-0.05, 0) is 37.7 Å². The first-order valence-electron chi connectivity index (χ1n) is 9.12. The Morgan fingerprint density at radius 3 is 2.70 bits per heavy atom. The van der Waals surface area contributed by atoms with Crippen LogP contribution in [0.2, 0.25) is 0 Å². The van der Waals surface area contributed by atoms with Crippen molar-refractivity contribution < 1.29 is 9.59 Å². The molecule has 0 bridgehead atoms. The summed E-state index contributed by atoms with van der Waals surface area (Å²) in [5.41, 5.74) is 1.67. The van der Waals surface area contributed by atoms with Crippen LogP contribution >= 0.6 is 0 Å². The molecular formula is C19H24N6O2. The van der Waals surface area contributed by atoms with Crippen molar-refractivity contribution in [1.82, 2.24) is 29.7 Å². The summed E-state index contributed by atoms with van der Waals surface area (Å²) in [5, 5.41) is 0. The molecule has 8 nitrogen and oxygen atoms in total. The van der Waals surface area contributed by atoms with Gasteiger partial charge in [0.05, 0.1) is 6.20 Å². The molecule has 3 rings (SSSR count). The number of carbonyl (C=O) groups excluding carboxylic acids is 2. The first kappa shape index (κ1) is 18.9. The molecule has 2 aromatic rings. The molecule has 1 aliphatic rings. The standard InChI is InChI=1S/C19H24N6O2/c1-24(2)18(26)16-11-15(22-13-23-16)10-14-4-3-8-25(9-5-14)19(27)17-12-20-6-7-21-17/h6-7,11-14H,3-5,8-10H2,1-2H3. The van der Waals surface area contributed by atoms with Crippen LogP contribution < -0.4 is 0 Å². The zero-order valence-corrected chi connectivity index (χ0v) is 15.7. The maximum Gasteiger partial charge on any atom is 0.274 e. The maximum atomic E-state index is 12.6. The lowest BCUT2D eigenvalue weighted by Crippen LogP contribution is -2.32. The fourth-order valence-corrected chi connectivity index (χ4v) is 3.30. The Hall–Kier alpha value is -2.90. The molecule has 3 heterocycles. The number of hydrogen-bond donors (Lipinski definition) is 0. The second-order valence-electron chi connectivity index (χ2n) is 6.98. The third-order valence-corrected chi connectivity index (χ3v) is 4.76. The van der Waals surface area contributed by atoms with Crippen LogP contribution in [0.1, 0.15) is 45.9 Å². The van der Waals surface area contributed by atoms with E-state index in [9.17, 15) is 9.59 Å². The van der Waals surface area contributed by atoms with E-state index in [1.54, 1.807) is 26.4 Å². The Morgan fingerprint density at radius 1 is 1.11 bits per heavy atom. The van der Waals surface area contributed by atoms with Crippen molar-refractivity contribution in [3.8, 4) is 0 Å². The number of carbonyl (C=O) groups is 2. The molecule has 1 unspecified atom stereocenters. The van der Waals surface area contributed by atoms with Crippen molar-refractivity contribution in [2.75, 3.05) is 27.2 Å². The van der Waals surface area contributed by atoms with Crippen LogP contribution in [0.5, 0.6) is 0 Å². The molecular weight excluding hydrogens is 344 g/mol. The summed E-state index contributed by atoms with van der Waals surface area (Å²) < 4.78 is 0. The van der Waals surface area contributed by atoms with Gasteiger partial charge in [-0.25, -0.2) is 15.0 Å². The van der Waals surface area contributed by atoms with Gasteiger partial charge in [0.2, 0.25) is 0 Å². The van der Waals surface area contributed by atoms with E-state index in [0.29, 0.717) is 23.9 Å². The summed E-state index contributed by atoms with van der Waals surface area (Å²) in [6, 6.07) is 1.77. The minimum atomic E-state index is -0.125. The molecule has 0 radical (unpaired) electrons. The molecule has 1 saturated heterocycles. The van der Waals surface area contributed by atoms with Crippen molar-refractivity contribution in [2.45, 2.75) is 25.7 Å². The van der Waals surface area contributed by atoms with E-state index in [2.05, 4.69) is 19.9 Å². The monoisotopic (exact) mass is 368 g/mol. The minimum Gasteiger partial charge on any atom is -0.343 e. The normalized spacial score (nSPS) is 17.3. The number of aromatic nitrogens is 4. The van der Waals surface area contributed by atoms with E-state index >= 15 is 0 Å². The lowest BCUT2D eigenvalue weighted by atomic mass is 9.95. The van der Waals surface area contributed by atoms with Gasteiger partial charge in [-0.2, -0.15) is 0 Å². The molecule has 0 saturated carbocycles. The molecule has 1 aliphatic heterocycles. The van der Waals surface area contributed by atoms with Gasteiger partial charge < -0.3 is 9.80 Å². The molecule has 1 atom stereocenters. The Kier molecular flexibility index (Phi) is 6.05. The molecule has 2 amide bonds. The van der Waals surface area contributed by atoms with Crippen LogP contribution in [-0.2, 0) is 6.42 Å². The quantitative estimate of drug-likeness (QED) is 0.811. The number of hydrogen-bond acceptors (Lipinski definition) is 6. The van der Waals surface area contributed by atoms with Gasteiger partial charge in [0.25, 0.3) is 11.8 Å². The molecule has 0 aromatic carbocycles. The van der Waals surface area contributed by atoms with E-state index in [0.717, 1.165) is 37.9 Å². The zero-order chi connectivity index (χ0) is 19.2. The summed E-state index contributed by atoms with van der Waals surface area (Å²) in [6.45, 7) is 1.41. The van der Waals surface area contributed by atoms with E-state index in [1.807, 2.05) is 4.90 Å². The lowest BCUT2D eigenvalue weighted by molar-refractivity contribution is 0.0752. The summed E-state index contributed by atoms with van der Waals surface area (Å²) in [4.78, 5) is 44.5. The third-order valence-electron chi connectivity index (χ3n) is 4.76. The molecule has 8 heteroatoms. The van der Waals surface area contributed by atoms with E-state index in [-0.39, 0.29) is 11.8 Å². The third kappa shape index (κ3) is 4.84. The Bertz CT molecular complexity index is 796. The summed E-state index contributed by atoms with van der Waals surface area (Å²) >= 11 is 0. The number of amides is 2. The van der Waals surface area contributed by atoms with Gasteiger partial charge in [0.1, 0.15) is 17.7 Å². The number of nitrogens with zero attached hydrogens (tertiary/aromatic N) is 6. The highest BCUT2D eigenvalue weighted by molar-refractivity contribution is 5.92. The smallest absolute Gasteiger partial charge is 0.274 e. The van der Waals surface area contributed by atoms with Crippen molar-refractivity contribution in [2.24, 2.45) is 5.92 Å². The molecule has 1 fully saturated rings. The van der Waals surface area contributed by atoms with Gasteiger partial charge in [-0.3, -0.25) is 14.6 Å². The average molecular weight is 368 g/mol. The molecule has 27 heavy (non-hydrogen) atoms. The van der Waals surface area contributed by atoms with Crippen molar-refractivity contribution in [3.63, 3.8) is 0 Å². The molecule has 0 aliphatic carbocycles. The average Bonchev–Trinajstić information content (AvgIpc) is 2.93. The SMILES string of the molecule is CN(C)C(=O)c1cc(CC2CCCN(C(=O)c3cnccn3)CC2)ncn1. The van der Waals surface area contributed by atoms with E-state index < -0.39 is 0 Å². The van der Waals surface area contributed by atoms with Crippen molar-refractivity contribution in [1.29, 1.82) is 0 Å². The summed E-state index contributed by atoms with van der Waals surface area (Å²) in [5.74, 6) is 0.228. The first-order chi connectivity index (χ1) is 13.0. The number of likely N-dealkylation sites (tertiary alicyclic amines) is 1. The Balaban J connectivity index is 1.61. The Morgan fingerprint density at radius 2 is 1.96 bits per heavy atom. The largest absolute Gasteiger partial charge is 0.343 e. The highest BCUT2D eigenvalue weighted by atomic mass is 16.2. The van der Waals surface area contributed by atoms with Gasteiger partial charge in [0, 0.05) is 45.3 Å². The molecule has 2 aromatic heterocycles. The predicted octanol–water partition coefficient (Wildman–Crippen LogP) is 1.45. The van der Waals surface area contributed by atoms with E-state index in [1.165, 1.54) is 23.6 Å². The second kappa shape index (κ2) is 8.66. The van der Waals surface area contributed by atoms with E-state index in [4.69, 9.17) is 0 Å².